The molecule has 220 valence electrons. The average molecular weight is 579 g/mol. The number of rotatable bonds is 8. The van der Waals surface area contributed by atoms with Crippen molar-refractivity contribution in [2.45, 2.75) is 26.3 Å². The molecule has 42 heavy (non-hydrogen) atoms. The highest BCUT2D eigenvalue weighted by Crippen LogP contribution is 2.40. The minimum Gasteiger partial charge on any atom is -0.496 e. The summed E-state index contributed by atoms with van der Waals surface area (Å²) in [5.74, 6) is 0.000455. The highest BCUT2D eigenvalue weighted by molar-refractivity contribution is 5.99. The molecule has 3 heterocycles. The summed E-state index contributed by atoms with van der Waals surface area (Å²) >= 11 is 0. The number of hydrogen-bond donors (Lipinski definition) is 1. The van der Waals surface area contributed by atoms with Gasteiger partial charge in [-0.15, -0.1) is 0 Å². The third kappa shape index (κ3) is 5.58. The van der Waals surface area contributed by atoms with E-state index in [-0.39, 0.29) is 47.3 Å². The Bertz CT molecular complexity index is 1520. The molecule has 10 nitrogen and oxygen atoms in total. The molecule has 6 rings (SSSR count). The second-order valence-corrected chi connectivity index (χ2v) is 10.6. The van der Waals surface area contributed by atoms with Crippen LogP contribution in [-0.4, -0.2) is 78.0 Å². The molecule has 2 aliphatic heterocycles. The summed E-state index contributed by atoms with van der Waals surface area (Å²) in [6.07, 6.45) is 3.03. The number of aromatic nitrogens is 2. The largest absolute Gasteiger partial charge is 0.496 e. The first-order chi connectivity index (χ1) is 20.3. The molecule has 1 saturated heterocycles. The minimum atomic E-state index is -0.688. The van der Waals surface area contributed by atoms with Crippen LogP contribution in [0.1, 0.15) is 25.3 Å². The Morgan fingerprint density at radius 1 is 1.14 bits per heavy atom. The molecule has 1 aromatic heterocycles. The molecule has 0 unspecified atom stereocenters. The average Bonchev–Trinajstić information content (AvgIpc) is 3.84. The maximum absolute atomic E-state index is 14.8. The molecule has 2 amide bonds. The van der Waals surface area contributed by atoms with E-state index in [4.69, 9.17) is 9.47 Å². The summed E-state index contributed by atoms with van der Waals surface area (Å²) < 4.78 is 39.8. The molecule has 2 fully saturated rings. The number of nitrogens with zero attached hydrogens (tertiary/aromatic N) is 5. The predicted octanol–water partition coefficient (Wildman–Crippen LogP) is 3.97. The van der Waals surface area contributed by atoms with Crippen molar-refractivity contribution in [1.29, 1.82) is 0 Å². The summed E-state index contributed by atoms with van der Waals surface area (Å²) in [7, 11) is 1.37. The number of piperazine rings is 1. The van der Waals surface area contributed by atoms with Gasteiger partial charge in [0.2, 0.25) is 11.9 Å². The van der Waals surface area contributed by atoms with Crippen molar-refractivity contribution < 1.29 is 27.8 Å². The first-order valence-electron chi connectivity index (χ1n) is 14.1. The second kappa shape index (κ2) is 11.5. The van der Waals surface area contributed by atoms with E-state index in [2.05, 4.69) is 20.2 Å². The van der Waals surface area contributed by atoms with Crippen molar-refractivity contribution in [1.82, 2.24) is 19.8 Å². The molecular weight excluding hydrogens is 546 g/mol. The van der Waals surface area contributed by atoms with Crippen molar-refractivity contribution in [3.8, 4) is 22.8 Å². The van der Waals surface area contributed by atoms with Crippen LogP contribution in [0.5, 0.6) is 11.5 Å². The van der Waals surface area contributed by atoms with Gasteiger partial charge in [0.15, 0.2) is 12.4 Å². The van der Waals surface area contributed by atoms with Crippen LogP contribution < -0.4 is 19.7 Å². The number of carbonyl (C=O) groups is 2. The van der Waals surface area contributed by atoms with Crippen molar-refractivity contribution in [2.24, 2.45) is 5.92 Å². The van der Waals surface area contributed by atoms with E-state index < -0.39 is 11.6 Å². The van der Waals surface area contributed by atoms with Gasteiger partial charge in [0.1, 0.15) is 23.0 Å². The number of amides is 2. The van der Waals surface area contributed by atoms with Gasteiger partial charge in [-0.2, -0.15) is 0 Å². The van der Waals surface area contributed by atoms with Crippen LogP contribution in [0.4, 0.5) is 26.1 Å². The number of fused-ring (bicyclic) bond motifs is 1. The standard InChI is InChI=1S/C30H32F2N6O4/c1-3-38-24-14-21(34-30-33-15-23(32)27(35-30)22-7-6-20(31)13-25(22)41-2)12-19(28(24)42-17-26(38)39)16-36-8-10-37(11-9-36)29(40)18-4-5-18/h6-7,12-15,18H,3-5,8-11,16-17H2,1-2H3,(H,33,34,35). The van der Waals surface area contributed by atoms with Gasteiger partial charge in [0.25, 0.3) is 5.91 Å². The number of carbonyl (C=O) groups excluding carboxylic acids is 2. The highest BCUT2D eigenvalue weighted by atomic mass is 19.1. The van der Waals surface area contributed by atoms with Gasteiger partial charge < -0.3 is 24.6 Å². The van der Waals surface area contributed by atoms with Gasteiger partial charge in [-0.05, 0) is 44.0 Å². The van der Waals surface area contributed by atoms with Crippen LogP contribution in [0.3, 0.4) is 0 Å². The fraction of sp³-hybridized carbons (Fsp3) is 0.400. The zero-order valence-electron chi connectivity index (χ0n) is 23.5. The van der Waals surface area contributed by atoms with Crippen LogP contribution >= 0.6 is 0 Å². The predicted molar refractivity (Wildman–Crippen MR) is 152 cm³/mol. The number of hydrogen-bond acceptors (Lipinski definition) is 8. The van der Waals surface area contributed by atoms with Crippen molar-refractivity contribution in [3.63, 3.8) is 0 Å². The normalized spacial score (nSPS) is 17.1. The molecule has 1 saturated carbocycles. The Hall–Kier alpha value is -4.32. The van der Waals surface area contributed by atoms with Gasteiger partial charge in [-0.25, -0.2) is 18.7 Å². The Morgan fingerprint density at radius 2 is 1.93 bits per heavy atom. The van der Waals surface area contributed by atoms with Gasteiger partial charge >= 0.3 is 0 Å². The van der Waals surface area contributed by atoms with E-state index >= 15 is 0 Å². The number of nitrogens with one attached hydrogen (secondary N) is 1. The van der Waals surface area contributed by atoms with Crippen LogP contribution in [0.25, 0.3) is 11.3 Å². The van der Waals surface area contributed by atoms with E-state index in [1.54, 1.807) is 11.0 Å². The number of anilines is 3. The molecule has 0 bridgehead atoms. The number of ether oxygens (including phenoxy) is 2. The number of benzene rings is 2. The lowest BCUT2D eigenvalue weighted by molar-refractivity contribution is -0.134. The zero-order chi connectivity index (χ0) is 29.4. The summed E-state index contributed by atoms with van der Waals surface area (Å²) in [5, 5.41) is 3.15. The molecule has 0 spiro atoms. The van der Waals surface area contributed by atoms with Crippen molar-refractivity contribution >= 4 is 29.1 Å². The summed E-state index contributed by atoms with van der Waals surface area (Å²) in [6, 6.07) is 7.48. The van der Waals surface area contributed by atoms with Crippen LogP contribution in [0.15, 0.2) is 36.5 Å². The Kier molecular flexibility index (Phi) is 7.63. The molecule has 2 aromatic carbocycles. The third-order valence-corrected chi connectivity index (χ3v) is 7.82. The Balaban J connectivity index is 1.29. The molecule has 3 aliphatic rings. The third-order valence-electron chi connectivity index (χ3n) is 7.82. The SMILES string of the molecule is CCN1C(=O)COc2c(CN3CCN(C(=O)C4CC4)CC3)cc(Nc3ncc(F)c(-c4ccc(F)cc4OC)n3)cc21. The second-order valence-electron chi connectivity index (χ2n) is 10.6. The lowest BCUT2D eigenvalue weighted by atomic mass is 10.1. The molecule has 0 atom stereocenters. The molecule has 1 aliphatic carbocycles. The van der Waals surface area contributed by atoms with Crippen molar-refractivity contribution in [2.75, 3.05) is 56.7 Å². The lowest BCUT2D eigenvalue weighted by Crippen LogP contribution is -2.48. The molecule has 1 N–H and O–H groups in total. The fourth-order valence-corrected chi connectivity index (χ4v) is 5.48. The Labute approximate surface area is 242 Å². The quantitative estimate of drug-likeness (QED) is 0.429. The molecule has 0 radical (unpaired) electrons. The smallest absolute Gasteiger partial charge is 0.265 e. The first kappa shape index (κ1) is 27.8. The van der Waals surface area contributed by atoms with Gasteiger partial charge in [-0.1, -0.05) is 0 Å². The molecule has 12 heteroatoms. The number of likely N-dealkylation sites (N-methyl/N-ethyl adjacent to an activating group) is 1. The van der Waals surface area contributed by atoms with E-state index in [0.717, 1.165) is 43.8 Å². The van der Waals surface area contributed by atoms with E-state index in [0.29, 0.717) is 43.3 Å². The molecule has 3 aromatic rings. The maximum Gasteiger partial charge on any atom is 0.265 e. The monoisotopic (exact) mass is 578 g/mol. The topological polar surface area (TPSA) is 100 Å². The van der Waals surface area contributed by atoms with Crippen molar-refractivity contribution in [3.05, 3.63) is 53.7 Å². The molecular formula is C30H32F2N6O4. The number of halogens is 2. The van der Waals surface area contributed by atoms with Crippen LogP contribution in [0.2, 0.25) is 0 Å². The Morgan fingerprint density at radius 3 is 2.64 bits per heavy atom. The highest BCUT2D eigenvalue weighted by Gasteiger charge is 2.35. The number of methoxy groups -OCH3 is 1. The zero-order valence-corrected chi connectivity index (χ0v) is 23.5. The maximum atomic E-state index is 14.8. The van der Waals surface area contributed by atoms with Crippen LogP contribution in [0, 0.1) is 17.6 Å². The van der Waals surface area contributed by atoms with E-state index in [1.807, 2.05) is 17.9 Å². The van der Waals surface area contributed by atoms with Gasteiger partial charge in [0.05, 0.1) is 19.0 Å². The fourth-order valence-electron chi connectivity index (χ4n) is 5.48. The summed E-state index contributed by atoms with van der Waals surface area (Å²) in [5.41, 5.74) is 2.31. The lowest BCUT2D eigenvalue weighted by Gasteiger charge is -2.36. The summed E-state index contributed by atoms with van der Waals surface area (Å²) in [4.78, 5) is 39.5. The van der Waals surface area contributed by atoms with Gasteiger partial charge in [0, 0.05) is 68.1 Å². The summed E-state index contributed by atoms with van der Waals surface area (Å²) in [6.45, 7) is 5.67. The van der Waals surface area contributed by atoms with Gasteiger partial charge in [-0.3, -0.25) is 14.5 Å². The van der Waals surface area contributed by atoms with Crippen LogP contribution in [-0.2, 0) is 16.1 Å². The van der Waals surface area contributed by atoms with E-state index in [9.17, 15) is 18.4 Å². The minimum absolute atomic E-state index is 0.0464. The first-order valence-corrected chi connectivity index (χ1v) is 14.1. The van der Waals surface area contributed by atoms with E-state index in [1.165, 1.54) is 19.2 Å².